The van der Waals surface area contributed by atoms with Crippen LogP contribution in [0, 0.1) is 12.3 Å². The SMILES string of the molecule is Cc1ccc([C@H](N=c2[nH][s+]([O-])nc2Nc2ccc(Cl)c(S(=O)(=O)N3CCCC3)c2O)C(C)(C)C)o1. The lowest BCUT2D eigenvalue weighted by molar-refractivity contribution is 0.279. The summed E-state index contributed by atoms with van der Waals surface area (Å²) in [5.41, 5.74) is -0.121. The number of hydrogen-bond donors (Lipinski definition) is 3. The van der Waals surface area contributed by atoms with Gasteiger partial charge in [-0.05, 0) is 49.4 Å². The van der Waals surface area contributed by atoms with Crippen molar-refractivity contribution >= 4 is 44.3 Å². The Kier molecular flexibility index (Phi) is 7.04. The van der Waals surface area contributed by atoms with E-state index in [0.717, 1.165) is 18.6 Å². The summed E-state index contributed by atoms with van der Waals surface area (Å²) in [6.45, 7) is 8.55. The molecular formula is C22H28ClN5O5S2. The first-order valence-electron chi connectivity index (χ1n) is 11.1. The molecule has 0 saturated carbocycles. The topological polar surface area (TPSA) is 147 Å². The molecule has 3 N–H and O–H groups in total. The van der Waals surface area contributed by atoms with Crippen LogP contribution in [0.15, 0.2) is 38.6 Å². The van der Waals surface area contributed by atoms with Gasteiger partial charge in [0.25, 0.3) is 0 Å². The van der Waals surface area contributed by atoms with Gasteiger partial charge in [0, 0.05) is 17.5 Å². The van der Waals surface area contributed by atoms with E-state index in [1.54, 1.807) is 0 Å². The summed E-state index contributed by atoms with van der Waals surface area (Å²) < 4.78 is 52.3. The van der Waals surface area contributed by atoms with Gasteiger partial charge in [-0.2, -0.15) is 4.31 Å². The van der Waals surface area contributed by atoms with Crippen molar-refractivity contribution in [2.45, 2.75) is 51.5 Å². The number of furan rings is 1. The van der Waals surface area contributed by atoms with Crippen molar-refractivity contribution in [2.75, 3.05) is 18.4 Å². The normalized spacial score (nSPS) is 17.2. The fourth-order valence-corrected chi connectivity index (χ4v) is 6.71. The fraction of sp³-hybridized carbons (Fsp3) is 0.455. The van der Waals surface area contributed by atoms with E-state index < -0.39 is 33.0 Å². The lowest BCUT2D eigenvalue weighted by Crippen LogP contribution is -2.28. The van der Waals surface area contributed by atoms with Crippen LogP contribution in [0.4, 0.5) is 11.5 Å². The number of aromatic amines is 1. The Bertz CT molecular complexity index is 1400. The van der Waals surface area contributed by atoms with Crippen LogP contribution in [0.1, 0.15) is 51.2 Å². The third-order valence-electron chi connectivity index (χ3n) is 5.69. The Balaban J connectivity index is 1.77. The first kappa shape index (κ1) is 25.7. The first-order valence-corrected chi connectivity index (χ1v) is 14.0. The number of anilines is 2. The molecule has 0 radical (unpaired) electrons. The van der Waals surface area contributed by atoms with E-state index in [4.69, 9.17) is 21.0 Å². The van der Waals surface area contributed by atoms with Crippen molar-refractivity contribution in [2.24, 2.45) is 10.4 Å². The average Bonchev–Trinajstić information content (AvgIpc) is 3.49. The predicted molar refractivity (Wildman–Crippen MR) is 133 cm³/mol. The molecule has 0 amide bonds. The second kappa shape index (κ2) is 9.58. The summed E-state index contributed by atoms with van der Waals surface area (Å²) in [5.74, 6) is 0.915. The summed E-state index contributed by atoms with van der Waals surface area (Å²) in [6.07, 6.45) is 1.49. The van der Waals surface area contributed by atoms with Gasteiger partial charge in [0.1, 0.15) is 22.5 Å². The van der Waals surface area contributed by atoms with Crippen LogP contribution in [0.25, 0.3) is 0 Å². The maximum absolute atomic E-state index is 13.1. The largest absolute Gasteiger partial charge is 0.548 e. The molecule has 13 heteroatoms. The Morgan fingerprint density at radius 3 is 2.57 bits per heavy atom. The minimum absolute atomic E-state index is 0.0421. The van der Waals surface area contributed by atoms with Crippen LogP contribution >= 0.6 is 22.7 Å². The molecule has 190 valence electrons. The fourth-order valence-electron chi connectivity index (χ4n) is 3.94. The number of phenolic OH excluding ortho intramolecular Hbond substituents is 1. The molecule has 1 aromatic carbocycles. The molecule has 0 bridgehead atoms. The molecule has 2 aromatic heterocycles. The summed E-state index contributed by atoms with van der Waals surface area (Å²) in [5, 5.41) is 13.7. The number of nitrogens with one attached hydrogen (secondary N) is 2. The van der Waals surface area contributed by atoms with Crippen molar-refractivity contribution in [3.63, 3.8) is 0 Å². The second-order valence-electron chi connectivity index (χ2n) is 9.49. The molecule has 10 nitrogen and oxygen atoms in total. The highest BCUT2D eigenvalue weighted by Gasteiger charge is 2.33. The monoisotopic (exact) mass is 541 g/mol. The number of aryl methyl sites for hydroxylation is 1. The first-order chi connectivity index (χ1) is 16.4. The highest BCUT2D eigenvalue weighted by atomic mass is 35.5. The molecule has 1 aliphatic rings. The zero-order valence-electron chi connectivity index (χ0n) is 19.8. The molecule has 1 aliphatic heterocycles. The third-order valence-corrected chi connectivity index (χ3v) is 8.81. The van der Waals surface area contributed by atoms with Crippen molar-refractivity contribution in [3.8, 4) is 5.75 Å². The maximum Gasteiger partial charge on any atom is 0.248 e. The Morgan fingerprint density at radius 2 is 1.97 bits per heavy atom. The number of halogens is 1. The van der Waals surface area contributed by atoms with Crippen LogP contribution in [-0.4, -0.2) is 44.2 Å². The number of phenols is 1. The molecule has 3 aromatic rings. The summed E-state index contributed by atoms with van der Waals surface area (Å²) in [7, 11) is -4.00. The molecule has 2 atom stereocenters. The number of hydrogen-bond acceptors (Lipinski definition) is 8. The number of sulfonamides is 1. The van der Waals surface area contributed by atoms with Gasteiger partial charge in [0.15, 0.2) is 16.9 Å². The average molecular weight is 542 g/mol. The van der Waals surface area contributed by atoms with E-state index in [1.807, 2.05) is 39.8 Å². The smallest absolute Gasteiger partial charge is 0.248 e. The highest BCUT2D eigenvalue weighted by molar-refractivity contribution is 7.89. The highest BCUT2D eigenvalue weighted by Crippen LogP contribution is 2.40. The molecule has 1 saturated heterocycles. The molecule has 0 spiro atoms. The number of benzene rings is 1. The van der Waals surface area contributed by atoms with Crippen molar-refractivity contribution < 1.29 is 22.5 Å². The van der Waals surface area contributed by atoms with Gasteiger partial charge in [0.2, 0.25) is 21.3 Å². The maximum atomic E-state index is 13.1. The van der Waals surface area contributed by atoms with Gasteiger partial charge in [-0.3, -0.25) is 0 Å². The molecule has 1 unspecified atom stereocenters. The van der Waals surface area contributed by atoms with Gasteiger partial charge in [-0.25, -0.2) is 13.4 Å². The van der Waals surface area contributed by atoms with E-state index in [0.29, 0.717) is 18.8 Å². The quantitative estimate of drug-likeness (QED) is 0.305. The van der Waals surface area contributed by atoms with Crippen LogP contribution < -0.4 is 10.8 Å². The van der Waals surface area contributed by atoms with E-state index in [-0.39, 0.29) is 32.3 Å². The second-order valence-corrected chi connectivity index (χ2v) is 12.7. The van der Waals surface area contributed by atoms with Gasteiger partial charge in [-0.15, -0.1) is 4.37 Å². The lowest BCUT2D eigenvalue weighted by Gasteiger charge is -2.25. The molecule has 0 aliphatic carbocycles. The van der Waals surface area contributed by atoms with E-state index >= 15 is 0 Å². The lowest BCUT2D eigenvalue weighted by atomic mass is 9.86. The van der Waals surface area contributed by atoms with Crippen molar-refractivity contribution in [3.05, 3.63) is 46.3 Å². The predicted octanol–water partition coefficient (Wildman–Crippen LogP) is 4.61. The van der Waals surface area contributed by atoms with Gasteiger partial charge < -0.3 is 19.4 Å². The molecular weight excluding hydrogens is 514 g/mol. The van der Waals surface area contributed by atoms with E-state index in [2.05, 4.69) is 14.1 Å². The minimum Gasteiger partial charge on any atom is -0.548 e. The number of aromatic hydroxyl groups is 1. The Morgan fingerprint density at radius 1 is 1.29 bits per heavy atom. The Hall–Kier alpha value is -2.38. The summed E-state index contributed by atoms with van der Waals surface area (Å²) in [6, 6.07) is 6.05. The third kappa shape index (κ3) is 5.26. The zero-order chi connectivity index (χ0) is 25.5. The van der Waals surface area contributed by atoms with Crippen LogP contribution in [-0.2, 0) is 10.0 Å². The van der Waals surface area contributed by atoms with E-state index in [1.165, 1.54) is 16.4 Å². The summed E-state index contributed by atoms with van der Waals surface area (Å²) >= 11 is 4.40. The number of rotatable bonds is 6. The van der Waals surface area contributed by atoms with Crippen LogP contribution in [0.3, 0.4) is 0 Å². The van der Waals surface area contributed by atoms with Crippen molar-refractivity contribution in [1.29, 1.82) is 0 Å². The van der Waals surface area contributed by atoms with Gasteiger partial charge >= 0.3 is 0 Å². The molecule has 1 fully saturated rings. The van der Waals surface area contributed by atoms with E-state index in [9.17, 15) is 18.1 Å². The number of aromatic nitrogens is 2. The van der Waals surface area contributed by atoms with Crippen molar-refractivity contribution in [1.82, 2.24) is 13.1 Å². The summed E-state index contributed by atoms with van der Waals surface area (Å²) in [4.78, 5) is 4.35. The molecule has 35 heavy (non-hydrogen) atoms. The van der Waals surface area contributed by atoms with Gasteiger partial charge in [-0.1, -0.05) is 32.4 Å². The standard InChI is InChI=1S/C22H28ClN5O5S2/c1-13-7-10-16(33-13)19(22(2,3)4)25-21-20(26-34(30)27-21)24-15-9-8-14(23)18(17(15)29)35(31,32)28-11-5-6-12-28/h7-10,19,29H,5-6,11-12H2,1-4H3,(H,24,26)(H,25,27)/t19-,34?/m0/s1. The Labute approximate surface area is 211 Å². The minimum atomic E-state index is -4.00. The molecule has 4 rings (SSSR count). The number of nitrogens with zero attached hydrogens (tertiary/aromatic N) is 3. The number of H-pyrrole nitrogens is 1. The molecule has 3 heterocycles. The zero-order valence-corrected chi connectivity index (χ0v) is 22.2. The van der Waals surface area contributed by atoms with Crippen LogP contribution in [0.5, 0.6) is 5.75 Å². The van der Waals surface area contributed by atoms with Crippen LogP contribution in [0.2, 0.25) is 5.02 Å². The van der Waals surface area contributed by atoms with Gasteiger partial charge in [0.05, 0.1) is 10.7 Å².